The van der Waals surface area contributed by atoms with Crippen molar-refractivity contribution in [3.63, 3.8) is 0 Å². The normalized spacial score (nSPS) is 13.7. The SMILES string of the molecule is O=C(CI)NCCNC(=O)CCc1cc(/C=C2\N=C(c3ccccc3)C=C2c2ccccc2)n(B(F)F)c1. The van der Waals surface area contributed by atoms with Crippen LogP contribution in [0.25, 0.3) is 11.6 Å². The van der Waals surface area contributed by atoms with Gasteiger partial charge in [0.25, 0.3) is 0 Å². The molecule has 10 heteroatoms. The van der Waals surface area contributed by atoms with Crippen LogP contribution >= 0.6 is 22.6 Å². The van der Waals surface area contributed by atoms with Crippen LogP contribution in [0, 0.1) is 0 Å². The molecule has 3 aromatic rings. The monoisotopic (exact) mass is 626 g/mol. The molecule has 1 aliphatic heterocycles. The number of hydrogen-bond donors (Lipinski definition) is 2. The van der Waals surface area contributed by atoms with Gasteiger partial charge < -0.3 is 15.1 Å². The molecule has 0 unspecified atom stereocenters. The van der Waals surface area contributed by atoms with Crippen molar-refractivity contribution in [2.24, 2.45) is 4.99 Å². The summed E-state index contributed by atoms with van der Waals surface area (Å²) >= 11 is 1.96. The highest BCUT2D eigenvalue weighted by atomic mass is 127. The molecule has 2 heterocycles. The Morgan fingerprint density at radius 2 is 1.58 bits per heavy atom. The van der Waals surface area contributed by atoms with Crippen molar-refractivity contribution in [1.29, 1.82) is 0 Å². The van der Waals surface area contributed by atoms with Crippen molar-refractivity contribution in [1.82, 2.24) is 15.1 Å². The summed E-state index contributed by atoms with van der Waals surface area (Å²) in [6, 6.07) is 21.1. The van der Waals surface area contributed by atoms with Crippen LogP contribution in [0.2, 0.25) is 0 Å². The molecule has 194 valence electrons. The van der Waals surface area contributed by atoms with E-state index < -0.39 is 7.40 Å². The van der Waals surface area contributed by atoms with Gasteiger partial charge in [-0.3, -0.25) is 18.2 Å². The third-order valence-corrected chi connectivity index (χ3v) is 6.61. The molecule has 0 aliphatic carbocycles. The molecule has 2 N–H and O–H groups in total. The number of aryl methyl sites for hydroxylation is 1. The Bertz CT molecular complexity index is 1370. The number of aliphatic imine (C=N–C) groups is 1. The van der Waals surface area contributed by atoms with Gasteiger partial charge in [0.15, 0.2) is 0 Å². The van der Waals surface area contributed by atoms with E-state index in [2.05, 4.69) is 10.6 Å². The first-order chi connectivity index (χ1) is 18.4. The number of benzene rings is 2. The van der Waals surface area contributed by atoms with E-state index in [1.807, 2.05) is 89.3 Å². The van der Waals surface area contributed by atoms with Crippen molar-refractivity contribution >= 4 is 59.2 Å². The minimum Gasteiger partial charge on any atom is -0.354 e. The van der Waals surface area contributed by atoms with Crippen LogP contribution in [-0.4, -0.2) is 46.9 Å². The first kappa shape index (κ1) is 27.5. The second-order valence-electron chi connectivity index (χ2n) is 8.61. The van der Waals surface area contributed by atoms with Crippen LogP contribution in [-0.2, 0) is 16.0 Å². The molecule has 2 amide bonds. The van der Waals surface area contributed by atoms with Gasteiger partial charge in [0.2, 0.25) is 11.8 Å². The Balaban J connectivity index is 1.53. The largest absolute Gasteiger partial charge is 0.677 e. The van der Waals surface area contributed by atoms with Crippen molar-refractivity contribution in [2.75, 3.05) is 17.5 Å². The zero-order chi connectivity index (χ0) is 26.9. The van der Waals surface area contributed by atoms with Crippen LogP contribution in [0.5, 0.6) is 0 Å². The lowest BCUT2D eigenvalue weighted by Crippen LogP contribution is -2.35. The molecule has 0 atom stereocenters. The van der Waals surface area contributed by atoms with E-state index >= 15 is 0 Å². The van der Waals surface area contributed by atoms with Gasteiger partial charge in [-0.2, -0.15) is 0 Å². The van der Waals surface area contributed by atoms with Gasteiger partial charge in [-0.15, -0.1) is 0 Å². The number of allylic oxidation sites excluding steroid dienone is 2. The molecule has 38 heavy (non-hydrogen) atoms. The van der Waals surface area contributed by atoms with Crippen LogP contribution < -0.4 is 10.6 Å². The van der Waals surface area contributed by atoms with Crippen molar-refractivity contribution in [2.45, 2.75) is 12.8 Å². The van der Waals surface area contributed by atoms with E-state index in [-0.39, 0.29) is 18.2 Å². The highest BCUT2D eigenvalue weighted by Gasteiger charge is 2.23. The van der Waals surface area contributed by atoms with Crippen LogP contribution in [0.1, 0.15) is 28.8 Å². The van der Waals surface area contributed by atoms with Crippen molar-refractivity contribution in [3.8, 4) is 0 Å². The van der Waals surface area contributed by atoms with Gasteiger partial charge in [-0.25, -0.2) is 4.99 Å². The van der Waals surface area contributed by atoms with Gasteiger partial charge in [-0.1, -0.05) is 83.3 Å². The summed E-state index contributed by atoms with van der Waals surface area (Å²) in [6.07, 6.45) is 5.48. The number of halogens is 3. The second-order valence-corrected chi connectivity index (χ2v) is 9.37. The number of amides is 2. The lowest BCUT2D eigenvalue weighted by molar-refractivity contribution is -0.121. The maximum atomic E-state index is 13.9. The molecule has 6 nitrogen and oxygen atoms in total. The number of rotatable bonds is 11. The summed E-state index contributed by atoms with van der Waals surface area (Å²) in [5.74, 6) is -0.303. The Morgan fingerprint density at radius 1 is 0.947 bits per heavy atom. The number of aromatic nitrogens is 1. The molecule has 0 spiro atoms. The van der Waals surface area contributed by atoms with E-state index in [1.165, 1.54) is 6.20 Å². The molecule has 0 bridgehead atoms. The van der Waals surface area contributed by atoms with E-state index in [9.17, 15) is 18.2 Å². The van der Waals surface area contributed by atoms with Crippen molar-refractivity contribution < 1.29 is 18.2 Å². The molecule has 0 saturated carbocycles. The molecule has 2 aromatic carbocycles. The molecular formula is C28H26BF2IN4O2. The topological polar surface area (TPSA) is 75.5 Å². The van der Waals surface area contributed by atoms with E-state index in [4.69, 9.17) is 4.99 Å². The van der Waals surface area contributed by atoms with Gasteiger partial charge in [0.05, 0.1) is 15.8 Å². The molecular weight excluding hydrogens is 600 g/mol. The number of alkyl halides is 1. The summed E-state index contributed by atoms with van der Waals surface area (Å²) < 4.78 is 29.1. The standard InChI is InChI=1S/C28H26BF2IN4O2/c30-29(31)36-19-20(11-12-27(37)33-13-14-34-28(38)18-32)15-23(36)16-26-24(21-7-3-1-4-8-21)17-25(35-26)22-9-5-2-6-10-22/h1-10,15-17,19H,11-14,18H2,(H,33,37)(H,34,38)/b26-16-. The first-order valence-electron chi connectivity index (χ1n) is 12.2. The Morgan fingerprint density at radius 3 is 2.21 bits per heavy atom. The zero-order valence-electron chi connectivity index (χ0n) is 20.5. The number of nitrogens with zero attached hydrogens (tertiary/aromatic N) is 2. The van der Waals surface area contributed by atoms with E-state index in [0.29, 0.717) is 40.9 Å². The Hall–Kier alpha value is -3.54. The summed E-state index contributed by atoms with van der Waals surface area (Å²) in [7, 11) is -2.74. The van der Waals surface area contributed by atoms with Gasteiger partial charge in [0.1, 0.15) is 0 Å². The third kappa shape index (κ3) is 7.28. The third-order valence-electron chi connectivity index (χ3n) is 5.91. The summed E-state index contributed by atoms with van der Waals surface area (Å²) in [5, 5.41) is 5.41. The fourth-order valence-electron chi connectivity index (χ4n) is 4.06. The lowest BCUT2D eigenvalue weighted by Gasteiger charge is -2.06. The van der Waals surface area contributed by atoms with Gasteiger partial charge >= 0.3 is 7.40 Å². The number of carbonyl (C=O) groups excluding carboxylic acids is 2. The second kappa shape index (κ2) is 13.3. The minimum atomic E-state index is -2.74. The predicted octanol–water partition coefficient (Wildman–Crippen LogP) is 4.79. The Labute approximate surface area is 234 Å². The molecule has 0 radical (unpaired) electrons. The number of nitrogens with one attached hydrogen (secondary N) is 2. The predicted molar refractivity (Wildman–Crippen MR) is 156 cm³/mol. The molecule has 4 rings (SSSR count). The summed E-state index contributed by atoms with van der Waals surface area (Å²) in [6.45, 7) is 0.656. The average Bonchev–Trinajstić information content (AvgIpc) is 3.55. The highest BCUT2D eigenvalue weighted by molar-refractivity contribution is 14.1. The highest BCUT2D eigenvalue weighted by Crippen LogP contribution is 2.32. The Kier molecular flexibility index (Phi) is 9.64. The maximum absolute atomic E-state index is 13.9. The fraction of sp³-hybridized carbons (Fsp3) is 0.179. The first-order valence-corrected chi connectivity index (χ1v) is 13.7. The zero-order valence-corrected chi connectivity index (χ0v) is 22.7. The number of carbonyl (C=O) groups is 2. The van der Waals surface area contributed by atoms with Gasteiger partial charge in [-0.05, 0) is 42.0 Å². The molecule has 1 aliphatic rings. The van der Waals surface area contributed by atoms with E-state index in [1.54, 1.807) is 12.1 Å². The van der Waals surface area contributed by atoms with E-state index in [0.717, 1.165) is 26.9 Å². The lowest BCUT2D eigenvalue weighted by atomic mass is 10.0. The smallest absolute Gasteiger partial charge is 0.354 e. The minimum absolute atomic E-state index is 0.0948. The van der Waals surface area contributed by atoms with Crippen molar-refractivity contribution in [3.05, 3.63) is 107 Å². The fourth-order valence-corrected chi connectivity index (χ4v) is 4.33. The average molecular weight is 626 g/mol. The van der Waals surface area contributed by atoms with Crippen LogP contribution in [0.15, 0.2) is 89.7 Å². The molecule has 1 aromatic heterocycles. The summed E-state index contributed by atoms with van der Waals surface area (Å²) in [4.78, 5) is 28.2. The quantitative estimate of drug-likeness (QED) is 0.139. The maximum Gasteiger partial charge on any atom is 0.677 e. The molecule has 0 fully saturated rings. The van der Waals surface area contributed by atoms with Gasteiger partial charge in [0, 0.05) is 36.3 Å². The summed E-state index contributed by atoms with van der Waals surface area (Å²) in [5.41, 5.74) is 5.02. The van der Waals surface area contributed by atoms with Crippen LogP contribution in [0.3, 0.4) is 0 Å². The number of hydrogen-bond acceptors (Lipinski definition) is 3. The van der Waals surface area contributed by atoms with Crippen LogP contribution in [0.4, 0.5) is 8.63 Å². The molecule has 0 saturated heterocycles.